The van der Waals surface area contributed by atoms with E-state index < -0.39 is 0 Å². The predicted octanol–water partition coefficient (Wildman–Crippen LogP) is 4.02. The molecular weight excluding hydrogens is 246 g/mol. The van der Waals surface area contributed by atoms with Crippen molar-refractivity contribution < 1.29 is 10.4 Å². The summed E-state index contributed by atoms with van der Waals surface area (Å²) in [7, 11) is 0. The number of quaternary nitrogens is 1. The lowest BCUT2D eigenvalue weighted by Gasteiger charge is -2.03. The standard InChI is InChI=1S/C18H39NO/c1-2-3-4-5-6-7-8-9-10-11-12-13-14-15-16-19-17-18-20/h19-20H,2-18H2,1H3/p+1. The summed E-state index contributed by atoms with van der Waals surface area (Å²) >= 11 is 0. The van der Waals surface area contributed by atoms with Crippen LogP contribution in [0, 0.1) is 0 Å². The van der Waals surface area contributed by atoms with Gasteiger partial charge in [0, 0.05) is 0 Å². The van der Waals surface area contributed by atoms with E-state index in [-0.39, 0.29) is 0 Å². The maximum atomic E-state index is 8.65. The van der Waals surface area contributed by atoms with Crippen LogP contribution in [0.4, 0.5) is 0 Å². The normalized spacial score (nSPS) is 11.1. The van der Waals surface area contributed by atoms with E-state index in [2.05, 4.69) is 12.2 Å². The summed E-state index contributed by atoms with van der Waals surface area (Å²) < 4.78 is 0. The maximum Gasteiger partial charge on any atom is 0.0990 e. The second kappa shape index (κ2) is 18.9. The molecule has 0 saturated carbocycles. The zero-order chi connectivity index (χ0) is 14.7. The van der Waals surface area contributed by atoms with E-state index in [9.17, 15) is 0 Å². The van der Waals surface area contributed by atoms with Gasteiger partial charge in [0.05, 0.1) is 19.7 Å². The summed E-state index contributed by atoms with van der Waals surface area (Å²) in [6.45, 7) is 4.67. The molecule has 0 spiro atoms. The fourth-order valence-electron chi connectivity index (χ4n) is 2.72. The van der Waals surface area contributed by atoms with Crippen LogP contribution in [0.5, 0.6) is 0 Å². The highest BCUT2D eigenvalue weighted by atomic mass is 16.3. The number of unbranched alkanes of at least 4 members (excludes halogenated alkanes) is 13. The van der Waals surface area contributed by atoms with Crippen LogP contribution in [-0.2, 0) is 0 Å². The minimum absolute atomic E-state index is 0.318. The molecule has 0 unspecified atom stereocenters. The van der Waals surface area contributed by atoms with Gasteiger partial charge in [0.25, 0.3) is 0 Å². The van der Waals surface area contributed by atoms with E-state index in [1.165, 1.54) is 96.4 Å². The third kappa shape index (κ3) is 17.9. The number of hydrogen-bond acceptors (Lipinski definition) is 1. The molecule has 3 N–H and O–H groups in total. The van der Waals surface area contributed by atoms with Crippen molar-refractivity contribution in [2.24, 2.45) is 0 Å². The van der Waals surface area contributed by atoms with Crippen molar-refractivity contribution >= 4 is 0 Å². The molecule has 122 valence electrons. The Morgan fingerprint density at radius 1 is 0.550 bits per heavy atom. The van der Waals surface area contributed by atoms with Gasteiger partial charge in [-0.1, -0.05) is 84.0 Å². The molecule has 0 rings (SSSR count). The van der Waals surface area contributed by atoms with Gasteiger partial charge in [-0.25, -0.2) is 0 Å². The Hall–Kier alpha value is -0.0800. The van der Waals surface area contributed by atoms with E-state index in [1.54, 1.807) is 0 Å². The molecule has 0 heterocycles. The molecule has 2 heteroatoms. The fraction of sp³-hybridized carbons (Fsp3) is 1.00. The third-order valence-corrected chi connectivity index (χ3v) is 4.10. The Morgan fingerprint density at radius 2 is 0.950 bits per heavy atom. The summed E-state index contributed by atoms with van der Waals surface area (Å²) in [4.78, 5) is 0. The average Bonchev–Trinajstić information content (AvgIpc) is 2.47. The largest absolute Gasteiger partial charge is 0.391 e. The molecule has 0 aliphatic carbocycles. The molecule has 2 nitrogen and oxygen atoms in total. The molecule has 0 aromatic carbocycles. The first-order valence-electron chi connectivity index (χ1n) is 9.34. The second-order valence-corrected chi connectivity index (χ2v) is 6.19. The van der Waals surface area contributed by atoms with Gasteiger partial charge < -0.3 is 10.4 Å². The van der Waals surface area contributed by atoms with Gasteiger partial charge in [0.1, 0.15) is 0 Å². The zero-order valence-corrected chi connectivity index (χ0v) is 14.0. The Balaban J connectivity index is 2.89. The fourth-order valence-corrected chi connectivity index (χ4v) is 2.72. The van der Waals surface area contributed by atoms with Crippen LogP contribution in [0.2, 0.25) is 0 Å². The molecule has 0 radical (unpaired) electrons. The van der Waals surface area contributed by atoms with Crippen molar-refractivity contribution in [2.75, 3.05) is 19.7 Å². The molecule has 0 fully saturated rings. The maximum absolute atomic E-state index is 8.65. The van der Waals surface area contributed by atoms with E-state index >= 15 is 0 Å². The lowest BCUT2D eigenvalue weighted by Crippen LogP contribution is -2.85. The van der Waals surface area contributed by atoms with E-state index in [0.29, 0.717) is 6.61 Å². The Bertz CT molecular complexity index is 143. The first-order valence-corrected chi connectivity index (χ1v) is 9.34. The molecule has 0 aliphatic rings. The highest BCUT2D eigenvalue weighted by Gasteiger charge is 1.94. The summed E-state index contributed by atoms with van der Waals surface area (Å²) in [6, 6.07) is 0. The van der Waals surface area contributed by atoms with Crippen LogP contribution >= 0.6 is 0 Å². The zero-order valence-electron chi connectivity index (χ0n) is 14.0. The number of aliphatic hydroxyl groups is 1. The summed E-state index contributed by atoms with van der Waals surface area (Å²) in [5.41, 5.74) is 0. The second-order valence-electron chi connectivity index (χ2n) is 6.19. The minimum Gasteiger partial charge on any atom is -0.391 e. The highest BCUT2D eigenvalue weighted by molar-refractivity contribution is 4.49. The first-order chi connectivity index (χ1) is 9.91. The Labute approximate surface area is 127 Å². The van der Waals surface area contributed by atoms with Gasteiger partial charge in [-0.05, 0) is 12.8 Å². The van der Waals surface area contributed by atoms with Gasteiger partial charge in [-0.3, -0.25) is 0 Å². The summed E-state index contributed by atoms with van der Waals surface area (Å²) in [5, 5.41) is 10.9. The molecule has 0 saturated heterocycles. The lowest BCUT2D eigenvalue weighted by molar-refractivity contribution is -0.656. The molecule has 0 aromatic rings. The SMILES string of the molecule is CCCCCCCCCCCCCCCC[NH2+]CCO. The molecule has 20 heavy (non-hydrogen) atoms. The third-order valence-electron chi connectivity index (χ3n) is 4.10. The van der Waals surface area contributed by atoms with Gasteiger partial charge in [0.2, 0.25) is 0 Å². The number of nitrogens with two attached hydrogens (primary N) is 1. The van der Waals surface area contributed by atoms with Crippen molar-refractivity contribution in [1.82, 2.24) is 0 Å². The van der Waals surface area contributed by atoms with Crippen molar-refractivity contribution in [1.29, 1.82) is 0 Å². The minimum atomic E-state index is 0.318. The molecular formula is C18H40NO+. The van der Waals surface area contributed by atoms with Gasteiger partial charge >= 0.3 is 0 Å². The van der Waals surface area contributed by atoms with E-state index in [0.717, 1.165) is 6.54 Å². The van der Waals surface area contributed by atoms with Crippen molar-refractivity contribution in [3.8, 4) is 0 Å². The summed E-state index contributed by atoms with van der Waals surface area (Å²) in [6.07, 6.45) is 20.0. The molecule has 0 atom stereocenters. The topological polar surface area (TPSA) is 36.8 Å². The Kier molecular flexibility index (Phi) is 18.8. The van der Waals surface area contributed by atoms with Crippen LogP contribution in [0.1, 0.15) is 96.8 Å². The molecule has 0 aliphatic heterocycles. The van der Waals surface area contributed by atoms with Crippen molar-refractivity contribution in [3.05, 3.63) is 0 Å². The van der Waals surface area contributed by atoms with E-state index in [4.69, 9.17) is 5.11 Å². The smallest absolute Gasteiger partial charge is 0.0990 e. The predicted molar refractivity (Wildman–Crippen MR) is 89.1 cm³/mol. The van der Waals surface area contributed by atoms with Gasteiger partial charge in [-0.15, -0.1) is 0 Å². The monoisotopic (exact) mass is 286 g/mol. The number of hydrogen-bond donors (Lipinski definition) is 2. The molecule has 0 bridgehead atoms. The van der Waals surface area contributed by atoms with Crippen LogP contribution < -0.4 is 5.32 Å². The van der Waals surface area contributed by atoms with Crippen LogP contribution in [0.15, 0.2) is 0 Å². The molecule has 0 amide bonds. The number of rotatable bonds is 17. The first kappa shape index (κ1) is 19.9. The summed E-state index contributed by atoms with van der Waals surface area (Å²) in [5.74, 6) is 0. The van der Waals surface area contributed by atoms with Crippen LogP contribution in [0.3, 0.4) is 0 Å². The average molecular weight is 287 g/mol. The van der Waals surface area contributed by atoms with Crippen LogP contribution in [-0.4, -0.2) is 24.8 Å². The quantitative estimate of drug-likeness (QED) is 0.389. The van der Waals surface area contributed by atoms with E-state index in [1.807, 2.05) is 0 Å². The number of aliphatic hydroxyl groups excluding tert-OH is 1. The Morgan fingerprint density at radius 3 is 1.35 bits per heavy atom. The van der Waals surface area contributed by atoms with Crippen molar-refractivity contribution in [3.63, 3.8) is 0 Å². The highest BCUT2D eigenvalue weighted by Crippen LogP contribution is 2.12. The van der Waals surface area contributed by atoms with Gasteiger partial charge in [0.15, 0.2) is 0 Å². The van der Waals surface area contributed by atoms with Gasteiger partial charge in [-0.2, -0.15) is 0 Å². The molecule has 0 aromatic heterocycles. The van der Waals surface area contributed by atoms with Crippen LogP contribution in [0.25, 0.3) is 0 Å². The van der Waals surface area contributed by atoms with Crippen molar-refractivity contribution in [2.45, 2.75) is 96.8 Å². The lowest BCUT2D eigenvalue weighted by atomic mass is 10.0.